The maximum Gasteiger partial charge on any atom is 0.134 e. The van der Waals surface area contributed by atoms with Gasteiger partial charge < -0.3 is 9.15 Å². The Kier molecular flexibility index (Phi) is 2.04. The summed E-state index contributed by atoms with van der Waals surface area (Å²) in [5, 5.41) is 1.32. The Labute approximate surface area is 117 Å². The molecule has 1 aromatic rings. The van der Waals surface area contributed by atoms with E-state index in [4.69, 9.17) is 9.15 Å². The van der Waals surface area contributed by atoms with E-state index in [9.17, 15) is 0 Å². The van der Waals surface area contributed by atoms with Gasteiger partial charge in [0.15, 0.2) is 0 Å². The van der Waals surface area contributed by atoms with Gasteiger partial charge in [0.1, 0.15) is 23.0 Å². The predicted octanol–water partition coefficient (Wildman–Crippen LogP) is 2.43. The molecule has 5 rings (SSSR count). The minimum absolute atomic E-state index is 0.131. The standard InChI is InChI=1S/C18H16O2/c1-3-7-15-11(5-1)13-9-14-12-6-2-4-8-16(12)20-18(14)10-17(13)19-15/h3-4,7-10,13,17H,1-2,5-6H2. The lowest BCUT2D eigenvalue weighted by molar-refractivity contribution is 0.189. The van der Waals surface area contributed by atoms with Crippen molar-refractivity contribution < 1.29 is 9.15 Å². The molecule has 2 heteroatoms. The molecule has 20 heavy (non-hydrogen) atoms. The first-order chi connectivity index (χ1) is 9.90. The molecule has 2 nitrogen and oxygen atoms in total. The zero-order chi connectivity index (χ0) is 13.1. The van der Waals surface area contributed by atoms with E-state index in [-0.39, 0.29) is 6.10 Å². The van der Waals surface area contributed by atoms with Crippen LogP contribution >= 0.6 is 0 Å². The van der Waals surface area contributed by atoms with Crippen molar-refractivity contribution in [2.24, 2.45) is 5.92 Å². The number of allylic oxidation sites excluding steroid dienone is 3. The molecule has 1 aliphatic heterocycles. The van der Waals surface area contributed by atoms with E-state index in [1.54, 1.807) is 0 Å². The summed E-state index contributed by atoms with van der Waals surface area (Å²) in [5.74, 6) is 2.55. The van der Waals surface area contributed by atoms with Crippen LogP contribution in [0.15, 0.2) is 34.0 Å². The largest absolute Gasteiger partial charge is 0.485 e. The molecule has 0 bridgehead atoms. The molecule has 3 aliphatic carbocycles. The Morgan fingerprint density at radius 2 is 1.90 bits per heavy atom. The smallest absolute Gasteiger partial charge is 0.134 e. The fourth-order valence-electron chi connectivity index (χ4n) is 3.82. The second kappa shape index (κ2) is 3.78. The molecule has 4 aliphatic rings. The summed E-state index contributed by atoms with van der Waals surface area (Å²) in [4.78, 5) is 0. The van der Waals surface area contributed by atoms with Gasteiger partial charge in [0.05, 0.1) is 0 Å². The quantitative estimate of drug-likeness (QED) is 0.718. The van der Waals surface area contributed by atoms with Crippen molar-refractivity contribution >= 4 is 18.2 Å². The first-order valence-corrected chi connectivity index (χ1v) is 7.48. The third-order valence-corrected chi connectivity index (χ3v) is 4.79. The van der Waals surface area contributed by atoms with Crippen molar-refractivity contribution in [3.8, 4) is 0 Å². The molecule has 2 atom stereocenters. The van der Waals surface area contributed by atoms with Crippen molar-refractivity contribution in [2.75, 3.05) is 0 Å². The van der Waals surface area contributed by atoms with Crippen LogP contribution in [-0.4, -0.2) is 6.10 Å². The Morgan fingerprint density at radius 3 is 2.90 bits per heavy atom. The van der Waals surface area contributed by atoms with Crippen molar-refractivity contribution in [2.45, 2.75) is 31.8 Å². The molecule has 0 fully saturated rings. The van der Waals surface area contributed by atoms with Gasteiger partial charge in [-0.15, -0.1) is 0 Å². The maximum atomic E-state index is 6.09. The summed E-state index contributed by atoms with van der Waals surface area (Å²) in [5.41, 5.74) is 3.87. The average molecular weight is 264 g/mol. The van der Waals surface area contributed by atoms with Crippen molar-refractivity contribution in [3.63, 3.8) is 0 Å². The van der Waals surface area contributed by atoms with Crippen LogP contribution in [0.3, 0.4) is 0 Å². The molecule has 2 heterocycles. The van der Waals surface area contributed by atoms with E-state index in [0.717, 1.165) is 42.6 Å². The number of ether oxygens (including phenoxy) is 1. The number of fused-ring (bicyclic) bond motifs is 5. The molecule has 0 amide bonds. The summed E-state index contributed by atoms with van der Waals surface area (Å²) >= 11 is 0. The normalized spacial score (nSPS) is 28.8. The van der Waals surface area contributed by atoms with E-state index in [1.165, 1.54) is 16.4 Å². The van der Waals surface area contributed by atoms with Gasteiger partial charge in [-0.25, -0.2) is 0 Å². The molecular weight excluding hydrogens is 248 g/mol. The Bertz CT molecular complexity index is 801. The van der Waals surface area contributed by atoms with Crippen LogP contribution in [0.4, 0.5) is 0 Å². The highest BCUT2D eigenvalue weighted by atomic mass is 16.5. The first kappa shape index (κ1) is 10.8. The van der Waals surface area contributed by atoms with Gasteiger partial charge in [0, 0.05) is 22.8 Å². The first-order valence-electron chi connectivity index (χ1n) is 7.48. The minimum atomic E-state index is 0.131. The van der Waals surface area contributed by atoms with Gasteiger partial charge >= 0.3 is 0 Å². The third-order valence-electron chi connectivity index (χ3n) is 4.79. The highest BCUT2D eigenvalue weighted by Crippen LogP contribution is 2.39. The van der Waals surface area contributed by atoms with Crippen molar-refractivity contribution in [1.29, 1.82) is 0 Å². The molecule has 0 radical (unpaired) electrons. The second-order valence-electron chi connectivity index (χ2n) is 5.94. The molecule has 100 valence electrons. The van der Waals surface area contributed by atoms with Gasteiger partial charge in [0.25, 0.3) is 0 Å². The van der Waals surface area contributed by atoms with Gasteiger partial charge in [0.2, 0.25) is 0 Å². The van der Waals surface area contributed by atoms with E-state index in [1.807, 2.05) is 0 Å². The fraction of sp³-hybridized carbons (Fsp3) is 0.333. The van der Waals surface area contributed by atoms with Crippen molar-refractivity contribution in [1.82, 2.24) is 0 Å². The van der Waals surface area contributed by atoms with E-state index in [2.05, 4.69) is 36.5 Å². The molecule has 0 aromatic carbocycles. The Balaban J connectivity index is 1.72. The number of furan rings is 1. The van der Waals surface area contributed by atoms with Crippen LogP contribution < -0.4 is 10.6 Å². The fourth-order valence-corrected chi connectivity index (χ4v) is 3.82. The summed E-state index contributed by atoms with van der Waals surface area (Å²) in [6.07, 6.45) is 17.8. The lowest BCUT2D eigenvalue weighted by Gasteiger charge is -2.16. The number of hydrogen-bond acceptors (Lipinski definition) is 2. The van der Waals surface area contributed by atoms with Crippen LogP contribution in [0.25, 0.3) is 18.2 Å². The van der Waals surface area contributed by atoms with Gasteiger partial charge in [-0.1, -0.05) is 18.2 Å². The SMILES string of the molecule is C1=CC2=C(CC1)C1C=c3c4c(oc3=CC1O2)C=CCC4. The molecule has 0 spiro atoms. The summed E-state index contributed by atoms with van der Waals surface area (Å²) in [6, 6.07) is 0. The minimum Gasteiger partial charge on any atom is -0.485 e. The second-order valence-corrected chi connectivity index (χ2v) is 5.94. The van der Waals surface area contributed by atoms with Crippen LogP contribution in [-0.2, 0) is 11.2 Å². The molecule has 2 unspecified atom stereocenters. The zero-order valence-electron chi connectivity index (χ0n) is 11.3. The van der Waals surface area contributed by atoms with E-state index < -0.39 is 0 Å². The van der Waals surface area contributed by atoms with Gasteiger partial charge in [-0.3, -0.25) is 0 Å². The van der Waals surface area contributed by atoms with E-state index in [0.29, 0.717) is 5.92 Å². The predicted molar refractivity (Wildman–Crippen MR) is 78.0 cm³/mol. The highest BCUT2D eigenvalue weighted by molar-refractivity contribution is 5.59. The number of hydrogen-bond donors (Lipinski definition) is 0. The maximum absolute atomic E-state index is 6.09. The monoisotopic (exact) mass is 264 g/mol. The zero-order valence-corrected chi connectivity index (χ0v) is 11.3. The summed E-state index contributed by atoms with van der Waals surface area (Å²) < 4.78 is 12.1. The molecular formula is C18H16O2. The van der Waals surface area contributed by atoms with Crippen molar-refractivity contribution in [3.05, 3.63) is 51.5 Å². The summed E-state index contributed by atoms with van der Waals surface area (Å²) in [7, 11) is 0. The Hall–Kier alpha value is -1.96. The van der Waals surface area contributed by atoms with Crippen LogP contribution in [0.5, 0.6) is 0 Å². The van der Waals surface area contributed by atoms with Crippen LogP contribution in [0.1, 0.15) is 30.6 Å². The van der Waals surface area contributed by atoms with Crippen LogP contribution in [0.2, 0.25) is 0 Å². The van der Waals surface area contributed by atoms with Crippen LogP contribution in [0, 0.1) is 5.92 Å². The third kappa shape index (κ3) is 1.34. The molecule has 0 saturated carbocycles. The molecule has 0 saturated heterocycles. The summed E-state index contributed by atoms with van der Waals surface area (Å²) in [6.45, 7) is 0. The topological polar surface area (TPSA) is 22.4 Å². The molecule has 1 aromatic heterocycles. The van der Waals surface area contributed by atoms with Gasteiger partial charge in [-0.05, 0) is 43.4 Å². The lowest BCUT2D eigenvalue weighted by atomic mass is 9.86. The highest BCUT2D eigenvalue weighted by Gasteiger charge is 2.36. The average Bonchev–Trinajstić information content (AvgIpc) is 3.02. The van der Waals surface area contributed by atoms with E-state index >= 15 is 0 Å². The Morgan fingerprint density at radius 1 is 1.00 bits per heavy atom. The number of rotatable bonds is 0. The molecule has 0 N–H and O–H groups in total. The lowest BCUT2D eigenvalue weighted by Crippen LogP contribution is -2.34. The van der Waals surface area contributed by atoms with Gasteiger partial charge in [-0.2, -0.15) is 0 Å².